The third kappa shape index (κ3) is 10.9. The number of piperazine rings is 1. The summed E-state index contributed by atoms with van der Waals surface area (Å²) in [5.74, 6) is -0.774. The number of halogens is 8. The van der Waals surface area contributed by atoms with Crippen LogP contribution in [0.1, 0.15) is 24.0 Å². The number of ether oxygens (including phenoxy) is 1. The molecule has 1 amide bonds. The first-order chi connectivity index (χ1) is 20.8. The third-order valence-electron chi connectivity index (χ3n) is 6.86. The Morgan fingerprint density at radius 2 is 1.64 bits per heavy atom. The summed E-state index contributed by atoms with van der Waals surface area (Å²) in [4.78, 5) is 36.8. The van der Waals surface area contributed by atoms with Gasteiger partial charge in [-0.05, 0) is 12.5 Å². The molecule has 3 rings (SSSR count). The maximum atomic E-state index is 13.7. The van der Waals surface area contributed by atoms with E-state index in [9.17, 15) is 44.7 Å². The summed E-state index contributed by atoms with van der Waals surface area (Å²) in [6.45, 7) is 5.41. The maximum absolute atomic E-state index is 13.7. The first-order valence-corrected chi connectivity index (χ1v) is 17.8. The van der Waals surface area contributed by atoms with E-state index < -0.39 is 62.6 Å². The van der Waals surface area contributed by atoms with Crippen LogP contribution in [-0.2, 0) is 28.6 Å². The number of anilines is 2. The minimum absolute atomic E-state index is 0.0113. The van der Waals surface area contributed by atoms with Crippen molar-refractivity contribution in [2.45, 2.75) is 64.0 Å². The first kappa shape index (κ1) is 36.1. The van der Waals surface area contributed by atoms with Crippen molar-refractivity contribution in [2.24, 2.45) is 0 Å². The summed E-state index contributed by atoms with van der Waals surface area (Å²) in [6, 6.07) is 1.10. The van der Waals surface area contributed by atoms with E-state index in [0.29, 0.717) is 29.2 Å². The second-order valence-corrected chi connectivity index (χ2v) is 17.3. The largest absolute Gasteiger partial charge is 0.421 e. The molecule has 3 heterocycles. The van der Waals surface area contributed by atoms with E-state index in [-0.39, 0.29) is 64.0 Å². The predicted octanol–water partition coefficient (Wildman–Crippen LogP) is 4.58. The number of hydrogen-bond acceptors (Lipinski definition) is 8. The Hall–Kier alpha value is -3.35. The number of rotatable bonds is 13. The van der Waals surface area contributed by atoms with Crippen molar-refractivity contribution in [1.29, 1.82) is 0 Å². The van der Waals surface area contributed by atoms with Gasteiger partial charge in [0.05, 0.1) is 12.1 Å². The molecular formula is C26H35F8N7O3Si. The minimum Gasteiger partial charge on any atom is -0.359 e. The van der Waals surface area contributed by atoms with Gasteiger partial charge in [-0.1, -0.05) is 19.6 Å². The van der Waals surface area contributed by atoms with Gasteiger partial charge in [-0.25, -0.2) is 23.4 Å². The summed E-state index contributed by atoms with van der Waals surface area (Å²) in [6.07, 6.45) is -11.4. The van der Waals surface area contributed by atoms with E-state index in [1.54, 1.807) is 4.90 Å². The van der Waals surface area contributed by atoms with Gasteiger partial charge in [0.1, 0.15) is 18.1 Å². The summed E-state index contributed by atoms with van der Waals surface area (Å²) in [5.41, 5.74) is -4.03. The number of carbonyl (C=O) groups excluding carboxylic acids is 1. The molecular weight excluding hydrogens is 638 g/mol. The van der Waals surface area contributed by atoms with Crippen LogP contribution in [-0.4, -0.2) is 90.9 Å². The van der Waals surface area contributed by atoms with Crippen LogP contribution >= 0.6 is 0 Å². The van der Waals surface area contributed by atoms with Crippen molar-refractivity contribution in [3.05, 3.63) is 39.9 Å². The van der Waals surface area contributed by atoms with Crippen LogP contribution in [0.3, 0.4) is 0 Å². The highest BCUT2D eigenvalue weighted by molar-refractivity contribution is 6.76. The van der Waals surface area contributed by atoms with Crippen molar-refractivity contribution < 1.29 is 44.7 Å². The molecule has 0 N–H and O–H groups in total. The number of alkyl halides is 8. The van der Waals surface area contributed by atoms with Gasteiger partial charge in [0.15, 0.2) is 0 Å². The number of amides is 1. The molecule has 0 atom stereocenters. The van der Waals surface area contributed by atoms with E-state index in [0.717, 1.165) is 4.90 Å². The Kier molecular flexibility index (Phi) is 11.9. The lowest BCUT2D eigenvalue weighted by Crippen LogP contribution is -2.49. The molecule has 0 bridgehead atoms. The monoisotopic (exact) mass is 673 g/mol. The molecule has 0 aromatic carbocycles. The van der Waals surface area contributed by atoms with Gasteiger partial charge >= 0.3 is 12.4 Å². The zero-order valence-electron chi connectivity index (χ0n) is 25.0. The molecule has 0 saturated carbocycles. The Labute approximate surface area is 255 Å². The van der Waals surface area contributed by atoms with Gasteiger partial charge < -0.3 is 19.4 Å². The second kappa shape index (κ2) is 14.8. The molecule has 0 radical (unpaired) electrons. The summed E-state index contributed by atoms with van der Waals surface area (Å²) in [7, 11) is -1.54. The smallest absolute Gasteiger partial charge is 0.359 e. The fraction of sp³-hybridized carbons (Fsp3) is 0.654. The lowest BCUT2D eigenvalue weighted by molar-refractivity contribution is -0.139. The van der Waals surface area contributed by atoms with E-state index in [2.05, 4.69) is 34.7 Å². The Bertz CT molecular complexity index is 1330. The third-order valence-corrected chi connectivity index (χ3v) is 8.56. The second-order valence-electron chi connectivity index (χ2n) is 11.6. The van der Waals surface area contributed by atoms with Gasteiger partial charge in [0.2, 0.25) is 11.9 Å². The molecule has 0 spiro atoms. The molecule has 45 heavy (non-hydrogen) atoms. The zero-order chi connectivity index (χ0) is 33.6. The highest BCUT2D eigenvalue weighted by Crippen LogP contribution is 2.30. The van der Waals surface area contributed by atoms with E-state index >= 15 is 0 Å². The highest BCUT2D eigenvalue weighted by Gasteiger charge is 2.36. The molecule has 252 valence electrons. The molecule has 1 aliphatic heterocycles. The molecule has 1 saturated heterocycles. The van der Waals surface area contributed by atoms with Crippen LogP contribution in [0, 0.1) is 0 Å². The Balaban J connectivity index is 1.63. The fourth-order valence-corrected chi connectivity index (χ4v) is 5.09. The van der Waals surface area contributed by atoms with Crippen LogP contribution in [0.15, 0.2) is 23.3 Å². The van der Waals surface area contributed by atoms with Crippen molar-refractivity contribution in [3.63, 3.8) is 0 Å². The summed E-state index contributed by atoms with van der Waals surface area (Å²) in [5, 5.41) is 3.89. The molecule has 10 nitrogen and oxygen atoms in total. The van der Waals surface area contributed by atoms with Crippen molar-refractivity contribution in [1.82, 2.24) is 24.6 Å². The van der Waals surface area contributed by atoms with Crippen LogP contribution in [0.25, 0.3) is 0 Å². The lowest BCUT2D eigenvalue weighted by atomic mass is 10.2. The summed E-state index contributed by atoms with van der Waals surface area (Å²) < 4.78 is 112. The number of hydrogen-bond donors (Lipinski definition) is 0. The molecule has 19 heteroatoms. The Morgan fingerprint density at radius 3 is 2.18 bits per heavy atom. The van der Waals surface area contributed by atoms with E-state index in [1.165, 1.54) is 4.90 Å². The number of carbonyl (C=O) groups is 1. The molecule has 1 aliphatic rings. The normalized spacial score (nSPS) is 14.8. The molecule has 2 aromatic heterocycles. The van der Waals surface area contributed by atoms with Gasteiger partial charge in [0, 0.05) is 72.3 Å². The van der Waals surface area contributed by atoms with Gasteiger partial charge in [-0.15, -0.1) is 5.10 Å². The van der Waals surface area contributed by atoms with Crippen molar-refractivity contribution >= 4 is 25.7 Å². The lowest BCUT2D eigenvalue weighted by Gasteiger charge is -2.35. The number of nitrogens with zero attached hydrogens (tertiary/aromatic N) is 7. The van der Waals surface area contributed by atoms with Crippen LogP contribution in [0.5, 0.6) is 0 Å². The van der Waals surface area contributed by atoms with E-state index in [4.69, 9.17) is 4.74 Å². The van der Waals surface area contributed by atoms with Crippen molar-refractivity contribution in [2.75, 3.05) is 55.7 Å². The van der Waals surface area contributed by atoms with Crippen LogP contribution in [0.4, 0.5) is 46.9 Å². The van der Waals surface area contributed by atoms with Gasteiger partial charge in [-0.3, -0.25) is 9.59 Å². The fourth-order valence-electron chi connectivity index (χ4n) is 4.33. The Morgan fingerprint density at radius 1 is 1.02 bits per heavy atom. The highest BCUT2D eigenvalue weighted by atomic mass is 28.3. The van der Waals surface area contributed by atoms with E-state index in [1.807, 2.05) is 0 Å². The molecule has 0 unspecified atom stereocenters. The first-order valence-electron chi connectivity index (χ1n) is 14.1. The molecule has 2 aromatic rings. The van der Waals surface area contributed by atoms with Crippen LogP contribution < -0.4 is 15.4 Å². The zero-order valence-corrected chi connectivity index (χ0v) is 26.0. The summed E-state index contributed by atoms with van der Waals surface area (Å²) >= 11 is 0. The van der Waals surface area contributed by atoms with Crippen molar-refractivity contribution in [3.8, 4) is 0 Å². The average Bonchev–Trinajstić information content (AvgIpc) is 2.94. The molecule has 1 fully saturated rings. The predicted molar refractivity (Wildman–Crippen MR) is 151 cm³/mol. The van der Waals surface area contributed by atoms with Gasteiger partial charge in [0.25, 0.3) is 12.0 Å². The minimum atomic E-state index is -5.07. The SMILES string of the molecule is C[Si](C)(C)CCOCn1nc(N(CCCC(=O)N2CCN(c3ncc(C(F)(F)F)cn3)CC2)CC(F)F)cc(C(F)(F)F)c1=O. The standard InChI is InChI=1S/C26H35F8N7O3Si/c1-45(2,3)12-11-44-17-41-23(43)19(26(32,33)34)13-21(37-41)40(16-20(27)28)6-4-5-22(42)38-7-9-39(10-8-38)24-35-14-18(15-36-24)25(29,30)31/h13-15,20H,4-12,16-17H2,1-3H3. The quantitative estimate of drug-likeness (QED) is 0.173. The topological polar surface area (TPSA) is 96.7 Å². The molecule has 0 aliphatic carbocycles. The average molecular weight is 674 g/mol. The van der Waals surface area contributed by atoms with Crippen LogP contribution in [0.2, 0.25) is 25.7 Å². The number of aromatic nitrogens is 4. The van der Waals surface area contributed by atoms with Gasteiger partial charge in [-0.2, -0.15) is 26.3 Å². The maximum Gasteiger partial charge on any atom is 0.421 e.